The molecule has 31 heavy (non-hydrogen) atoms. The first kappa shape index (κ1) is 21.9. The Morgan fingerprint density at radius 2 is 1.65 bits per heavy atom. The second kappa shape index (κ2) is 9.80. The number of nitrogens with zero attached hydrogens (tertiary/aromatic N) is 2. The Labute approximate surface area is 181 Å². The number of imidazole rings is 1. The molecule has 0 aliphatic rings. The van der Waals surface area contributed by atoms with Crippen LogP contribution in [0.25, 0.3) is 0 Å². The van der Waals surface area contributed by atoms with Crippen molar-refractivity contribution >= 4 is 11.8 Å². The van der Waals surface area contributed by atoms with Gasteiger partial charge in [-0.3, -0.25) is 9.59 Å². The minimum absolute atomic E-state index is 0.320. The highest BCUT2D eigenvalue weighted by Gasteiger charge is 2.25. The molecule has 0 fully saturated rings. The van der Waals surface area contributed by atoms with Gasteiger partial charge in [-0.25, -0.2) is 4.98 Å². The van der Waals surface area contributed by atoms with Crippen molar-refractivity contribution in [1.29, 1.82) is 0 Å². The van der Waals surface area contributed by atoms with Crippen LogP contribution in [0.3, 0.4) is 0 Å². The summed E-state index contributed by atoms with van der Waals surface area (Å²) in [6.07, 6.45) is 3.46. The van der Waals surface area contributed by atoms with Crippen molar-refractivity contribution in [2.24, 2.45) is 7.05 Å². The third kappa shape index (κ3) is 5.22. The monoisotopic (exact) mass is 422 g/mol. The van der Waals surface area contributed by atoms with E-state index in [1.165, 1.54) is 0 Å². The van der Waals surface area contributed by atoms with Gasteiger partial charge in [0, 0.05) is 31.1 Å². The summed E-state index contributed by atoms with van der Waals surface area (Å²) in [6.45, 7) is 1.64. The Morgan fingerprint density at radius 3 is 2.19 bits per heavy atom. The maximum atomic E-state index is 13.0. The van der Waals surface area contributed by atoms with Crippen LogP contribution in [-0.2, 0) is 11.8 Å². The SMILES string of the molecule is COc1cc(OC)cc([C@H](NC(=O)[C@H](C)NC(=O)c2ccccc2)c2nccn2C)c1. The molecule has 2 aromatic carbocycles. The van der Waals surface area contributed by atoms with E-state index in [9.17, 15) is 9.59 Å². The van der Waals surface area contributed by atoms with Crippen molar-refractivity contribution in [3.05, 3.63) is 77.9 Å². The topological polar surface area (TPSA) is 94.5 Å². The van der Waals surface area contributed by atoms with Crippen LogP contribution in [0.15, 0.2) is 60.9 Å². The Kier molecular flexibility index (Phi) is 6.92. The molecule has 0 aliphatic heterocycles. The molecule has 0 spiro atoms. The van der Waals surface area contributed by atoms with E-state index in [2.05, 4.69) is 15.6 Å². The van der Waals surface area contributed by atoms with E-state index >= 15 is 0 Å². The molecule has 2 amide bonds. The van der Waals surface area contributed by atoms with E-state index in [-0.39, 0.29) is 11.8 Å². The summed E-state index contributed by atoms with van der Waals surface area (Å²) in [5.41, 5.74) is 1.22. The molecule has 3 aromatic rings. The summed E-state index contributed by atoms with van der Waals surface area (Å²) < 4.78 is 12.6. The highest BCUT2D eigenvalue weighted by molar-refractivity contribution is 5.97. The minimum Gasteiger partial charge on any atom is -0.497 e. The normalized spacial score (nSPS) is 12.5. The van der Waals surface area contributed by atoms with Gasteiger partial charge >= 0.3 is 0 Å². The zero-order valence-electron chi connectivity index (χ0n) is 18.0. The van der Waals surface area contributed by atoms with Gasteiger partial charge in [-0.05, 0) is 36.8 Å². The lowest BCUT2D eigenvalue weighted by Gasteiger charge is -2.23. The van der Waals surface area contributed by atoms with E-state index in [1.54, 1.807) is 63.9 Å². The summed E-state index contributed by atoms with van der Waals surface area (Å²) in [5, 5.41) is 5.72. The summed E-state index contributed by atoms with van der Waals surface area (Å²) in [7, 11) is 4.97. The Bertz CT molecular complexity index is 1030. The Hall–Kier alpha value is -3.81. The number of ether oxygens (including phenoxy) is 2. The zero-order chi connectivity index (χ0) is 22.4. The number of carbonyl (C=O) groups is 2. The van der Waals surface area contributed by atoms with Gasteiger partial charge in [0.2, 0.25) is 5.91 Å². The molecule has 0 saturated carbocycles. The highest BCUT2D eigenvalue weighted by atomic mass is 16.5. The fourth-order valence-corrected chi connectivity index (χ4v) is 3.15. The largest absolute Gasteiger partial charge is 0.497 e. The fraction of sp³-hybridized carbons (Fsp3) is 0.261. The van der Waals surface area contributed by atoms with Gasteiger partial charge in [-0.1, -0.05) is 18.2 Å². The van der Waals surface area contributed by atoms with Crippen molar-refractivity contribution in [1.82, 2.24) is 20.2 Å². The second-order valence-electron chi connectivity index (χ2n) is 7.05. The summed E-state index contributed by atoms with van der Waals surface area (Å²) >= 11 is 0. The van der Waals surface area contributed by atoms with Crippen molar-refractivity contribution in [3.8, 4) is 11.5 Å². The molecule has 0 aliphatic carbocycles. The molecule has 1 heterocycles. The van der Waals surface area contributed by atoms with E-state index in [4.69, 9.17) is 9.47 Å². The summed E-state index contributed by atoms with van der Waals surface area (Å²) in [5.74, 6) is 1.14. The zero-order valence-corrected chi connectivity index (χ0v) is 18.0. The predicted octanol–water partition coefficient (Wildman–Crippen LogP) is 2.46. The molecule has 1 aromatic heterocycles. The van der Waals surface area contributed by atoms with Gasteiger partial charge in [0.05, 0.1) is 14.2 Å². The van der Waals surface area contributed by atoms with E-state index in [0.717, 1.165) is 5.56 Å². The lowest BCUT2D eigenvalue weighted by atomic mass is 10.0. The third-order valence-corrected chi connectivity index (χ3v) is 4.89. The number of benzene rings is 2. The molecule has 8 nitrogen and oxygen atoms in total. The van der Waals surface area contributed by atoms with Gasteiger partial charge in [-0.15, -0.1) is 0 Å². The quantitative estimate of drug-likeness (QED) is 0.582. The number of rotatable bonds is 8. The first-order chi connectivity index (χ1) is 14.9. The Morgan fingerprint density at radius 1 is 1.00 bits per heavy atom. The van der Waals surface area contributed by atoms with Crippen LogP contribution in [0.2, 0.25) is 0 Å². The van der Waals surface area contributed by atoms with Gasteiger partial charge in [0.1, 0.15) is 29.4 Å². The molecule has 0 bridgehead atoms. The van der Waals surface area contributed by atoms with Crippen LogP contribution in [-0.4, -0.2) is 41.6 Å². The number of hydrogen-bond donors (Lipinski definition) is 2. The maximum absolute atomic E-state index is 13.0. The van der Waals surface area contributed by atoms with Crippen molar-refractivity contribution < 1.29 is 19.1 Å². The number of hydrogen-bond acceptors (Lipinski definition) is 5. The van der Waals surface area contributed by atoms with E-state index in [1.807, 2.05) is 29.8 Å². The standard InChI is InChI=1S/C23H26N4O4/c1-15(25-23(29)16-8-6-5-7-9-16)22(28)26-20(21-24-10-11-27(21)2)17-12-18(30-3)14-19(13-17)31-4/h5-15,20H,1-4H3,(H,25,29)(H,26,28)/t15-,20-/m0/s1. The molecule has 8 heteroatoms. The molecule has 0 radical (unpaired) electrons. The number of aryl methyl sites for hydroxylation is 1. The van der Waals surface area contributed by atoms with Crippen LogP contribution < -0.4 is 20.1 Å². The van der Waals surface area contributed by atoms with Crippen LogP contribution in [0.4, 0.5) is 0 Å². The van der Waals surface area contributed by atoms with E-state index in [0.29, 0.717) is 22.9 Å². The van der Waals surface area contributed by atoms with Crippen molar-refractivity contribution in [2.45, 2.75) is 19.0 Å². The fourth-order valence-electron chi connectivity index (χ4n) is 3.15. The molecular formula is C23H26N4O4. The number of amides is 2. The lowest BCUT2D eigenvalue weighted by Crippen LogP contribution is -2.46. The molecule has 0 saturated heterocycles. The Balaban J connectivity index is 1.85. The number of nitrogens with one attached hydrogen (secondary N) is 2. The predicted molar refractivity (Wildman–Crippen MR) is 116 cm³/mol. The lowest BCUT2D eigenvalue weighted by molar-refractivity contribution is -0.123. The van der Waals surface area contributed by atoms with Crippen molar-refractivity contribution in [3.63, 3.8) is 0 Å². The average Bonchev–Trinajstić information content (AvgIpc) is 3.22. The highest BCUT2D eigenvalue weighted by Crippen LogP contribution is 2.29. The van der Waals surface area contributed by atoms with Gasteiger partial charge in [0.15, 0.2) is 0 Å². The first-order valence-electron chi connectivity index (χ1n) is 9.79. The van der Waals surface area contributed by atoms with Crippen molar-refractivity contribution in [2.75, 3.05) is 14.2 Å². The summed E-state index contributed by atoms with van der Waals surface area (Å²) in [4.78, 5) is 29.8. The van der Waals surface area contributed by atoms with Crippen LogP contribution in [0, 0.1) is 0 Å². The average molecular weight is 422 g/mol. The second-order valence-corrected chi connectivity index (χ2v) is 7.05. The van der Waals surface area contributed by atoms with Gasteiger partial charge in [0.25, 0.3) is 5.91 Å². The van der Waals surface area contributed by atoms with Crippen LogP contribution in [0.1, 0.15) is 34.7 Å². The first-order valence-corrected chi connectivity index (χ1v) is 9.79. The summed E-state index contributed by atoms with van der Waals surface area (Å²) in [6, 6.07) is 12.8. The molecule has 162 valence electrons. The van der Waals surface area contributed by atoms with Gasteiger partial charge in [-0.2, -0.15) is 0 Å². The van der Waals surface area contributed by atoms with Gasteiger partial charge < -0.3 is 24.7 Å². The molecule has 3 rings (SSSR count). The molecule has 0 unspecified atom stereocenters. The molecule has 2 atom stereocenters. The maximum Gasteiger partial charge on any atom is 0.251 e. The van der Waals surface area contributed by atoms with E-state index < -0.39 is 12.1 Å². The number of methoxy groups -OCH3 is 2. The smallest absolute Gasteiger partial charge is 0.251 e. The molecule has 2 N–H and O–H groups in total. The third-order valence-electron chi connectivity index (χ3n) is 4.89. The van der Waals surface area contributed by atoms with Crippen LogP contribution in [0.5, 0.6) is 11.5 Å². The van der Waals surface area contributed by atoms with Crippen LogP contribution >= 0.6 is 0 Å². The minimum atomic E-state index is -0.761. The molecular weight excluding hydrogens is 396 g/mol. The number of carbonyl (C=O) groups excluding carboxylic acids is 2. The number of aromatic nitrogens is 2.